The van der Waals surface area contributed by atoms with Gasteiger partial charge in [-0.05, 0) is 70.7 Å². The number of pyridine rings is 1. The molecule has 1 aromatic rings. The van der Waals surface area contributed by atoms with Gasteiger partial charge in [-0.15, -0.1) is 6.42 Å². The van der Waals surface area contributed by atoms with Crippen molar-refractivity contribution in [2.75, 3.05) is 0 Å². The van der Waals surface area contributed by atoms with Crippen LogP contribution in [0, 0.1) is 23.7 Å². The van der Waals surface area contributed by atoms with Crippen molar-refractivity contribution >= 4 is 11.4 Å². The van der Waals surface area contributed by atoms with Crippen molar-refractivity contribution in [3.63, 3.8) is 0 Å². The summed E-state index contributed by atoms with van der Waals surface area (Å²) in [6.45, 7) is 11.1. The second-order valence-corrected chi connectivity index (χ2v) is 9.53. The van der Waals surface area contributed by atoms with Gasteiger partial charge in [0.05, 0.1) is 28.3 Å². The maximum Gasteiger partial charge on any atom is 0.113 e. The Morgan fingerprint density at radius 1 is 1.25 bits per heavy atom. The number of aromatic nitrogens is 1. The lowest BCUT2D eigenvalue weighted by Crippen LogP contribution is -2.48. The minimum absolute atomic E-state index is 0.266. The second kappa shape index (κ2) is 8.78. The van der Waals surface area contributed by atoms with Gasteiger partial charge in [0, 0.05) is 29.1 Å². The molecule has 0 aliphatic heterocycles. The third-order valence-corrected chi connectivity index (χ3v) is 5.95. The van der Waals surface area contributed by atoms with Crippen LogP contribution in [0.5, 0.6) is 0 Å². The number of terminal acetylenes is 1. The molecule has 0 atom stereocenters. The van der Waals surface area contributed by atoms with Crippen LogP contribution in [0.2, 0.25) is 0 Å². The fraction of sp³-hybridized carbons (Fsp3) is 0.385. The number of rotatable bonds is 7. The van der Waals surface area contributed by atoms with E-state index in [4.69, 9.17) is 11.8 Å². The molecule has 2 aliphatic rings. The fourth-order valence-corrected chi connectivity index (χ4v) is 3.79. The Balaban J connectivity index is 1.80. The highest BCUT2D eigenvalue weighted by Gasteiger charge is 2.38. The lowest BCUT2D eigenvalue weighted by atomic mass is 9.71. The zero-order chi connectivity index (χ0) is 23.7. The average Bonchev–Trinajstić information content (AvgIpc) is 2.66. The first-order chi connectivity index (χ1) is 14.9. The van der Waals surface area contributed by atoms with Crippen LogP contribution in [-0.2, 0) is 0 Å². The number of nitrogens with one attached hydrogen (secondary N) is 3. The van der Waals surface area contributed by atoms with Crippen molar-refractivity contribution < 1.29 is 10.2 Å². The Morgan fingerprint density at radius 2 is 1.94 bits per heavy atom. The van der Waals surface area contributed by atoms with Crippen molar-refractivity contribution in [2.24, 2.45) is 5.92 Å². The summed E-state index contributed by atoms with van der Waals surface area (Å²) < 4.78 is 0. The van der Waals surface area contributed by atoms with Gasteiger partial charge in [0.1, 0.15) is 5.69 Å². The molecule has 0 amide bonds. The van der Waals surface area contributed by atoms with Gasteiger partial charge in [0.25, 0.3) is 0 Å². The molecular weight excluding hydrogens is 400 g/mol. The Labute approximate surface area is 190 Å². The van der Waals surface area contributed by atoms with Crippen molar-refractivity contribution in [1.29, 1.82) is 5.41 Å². The third-order valence-electron chi connectivity index (χ3n) is 5.95. The maximum absolute atomic E-state index is 10.7. The molecule has 0 saturated heterocycles. The summed E-state index contributed by atoms with van der Waals surface area (Å²) in [5.74, 6) is 2.79. The van der Waals surface area contributed by atoms with Gasteiger partial charge in [0.2, 0.25) is 0 Å². The van der Waals surface area contributed by atoms with E-state index in [1.54, 1.807) is 26.0 Å². The van der Waals surface area contributed by atoms with Gasteiger partial charge in [0.15, 0.2) is 0 Å². The maximum atomic E-state index is 10.7. The van der Waals surface area contributed by atoms with E-state index in [9.17, 15) is 10.2 Å². The van der Waals surface area contributed by atoms with Gasteiger partial charge < -0.3 is 26.3 Å². The lowest BCUT2D eigenvalue weighted by molar-refractivity contribution is -0.0298. The molecule has 1 heterocycles. The lowest BCUT2D eigenvalue weighted by Gasteiger charge is -2.42. The standard InChI is InChI=1S/C26H32N4O2/c1-7-19-9-8-10-23(30-19)16(2)29-24-11-17(22(27)14-21(24)26(5,6)32)15-28-20-12-18(13-20)25(3,4)31/h1,8-11,14-15,18,20,27-29,31-32H,2,12-13H2,3-6H3/b17-15-,27-22?. The van der Waals surface area contributed by atoms with E-state index in [2.05, 4.69) is 28.1 Å². The summed E-state index contributed by atoms with van der Waals surface area (Å²) in [6.07, 6.45) is 12.5. The van der Waals surface area contributed by atoms with E-state index in [1.807, 2.05) is 38.3 Å². The third kappa shape index (κ3) is 5.37. The van der Waals surface area contributed by atoms with Gasteiger partial charge in [-0.25, -0.2) is 4.98 Å². The topological polar surface area (TPSA) is 101 Å². The zero-order valence-corrected chi connectivity index (χ0v) is 19.2. The molecule has 32 heavy (non-hydrogen) atoms. The minimum Gasteiger partial charge on any atom is -0.390 e. The summed E-state index contributed by atoms with van der Waals surface area (Å²) >= 11 is 0. The van der Waals surface area contributed by atoms with Crippen molar-refractivity contribution in [2.45, 2.75) is 57.8 Å². The Hall–Kier alpha value is -3.14. The molecule has 0 aromatic carbocycles. The summed E-state index contributed by atoms with van der Waals surface area (Å²) in [6, 6.07) is 5.64. The number of nitrogens with zero attached hydrogens (tertiary/aromatic N) is 1. The summed E-state index contributed by atoms with van der Waals surface area (Å²) in [5.41, 5.74) is 2.03. The van der Waals surface area contributed by atoms with Gasteiger partial charge in [-0.3, -0.25) is 0 Å². The zero-order valence-electron chi connectivity index (χ0n) is 19.2. The molecule has 6 heteroatoms. The molecule has 3 rings (SSSR count). The average molecular weight is 433 g/mol. The highest BCUT2D eigenvalue weighted by atomic mass is 16.3. The van der Waals surface area contributed by atoms with Crippen molar-refractivity contribution in [3.8, 4) is 12.3 Å². The first-order valence-corrected chi connectivity index (χ1v) is 10.7. The van der Waals surface area contributed by atoms with E-state index in [-0.39, 0.29) is 12.0 Å². The van der Waals surface area contributed by atoms with Gasteiger partial charge in [-0.1, -0.05) is 18.6 Å². The van der Waals surface area contributed by atoms with E-state index in [0.29, 0.717) is 39.6 Å². The Morgan fingerprint density at radius 3 is 2.53 bits per heavy atom. The van der Waals surface area contributed by atoms with Crippen LogP contribution >= 0.6 is 0 Å². The molecular formula is C26H32N4O2. The van der Waals surface area contributed by atoms with Crippen LogP contribution in [-0.4, -0.2) is 38.2 Å². The molecule has 0 radical (unpaired) electrons. The van der Waals surface area contributed by atoms with Gasteiger partial charge in [-0.2, -0.15) is 0 Å². The highest BCUT2D eigenvalue weighted by molar-refractivity contribution is 6.10. The molecule has 1 aromatic heterocycles. The number of aliphatic hydroxyl groups is 2. The predicted octanol–water partition coefficient (Wildman–Crippen LogP) is 3.26. The van der Waals surface area contributed by atoms with Crippen LogP contribution in [0.1, 0.15) is 51.9 Å². The molecule has 0 bridgehead atoms. The second-order valence-electron chi connectivity index (χ2n) is 9.53. The van der Waals surface area contributed by atoms with Crippen molar-refractivity contribution in [3.05, 3.63) is 71.4 Å². The molecule has 1 fully saturated rings. The van der Waals surface area contributed by atoms with Gasteiger partial charge >= 0.3 is 0 Å². The molecule has 0 unspecified atom stereocenters. The Kier molecular flexibility index (Phi) is 6.45. The fourth-order valence-electron chi connectivity index (χ4n) is 3.79. The minimum atomic E-state index is -1.16. The van der Waals surface area contributed by atoms with E-state index >= 15 is 0 Å². The van der Waals surface area contributed by atoms with E-state index in [0.717, 1.165) is 12.8 Å². The summed E-state index contributed by atoms with van der Waals surface area (Å²) in [4.78, 5) is 4.39. The van der Waals surface area contributed by atoms with E-state index < -0.39 is 11.2 Å². The van der Waals surface area contributed by atoms with E-state index in [1.165, 1.54) is 0 Å². The first-order valence-electron chi connectivity index (χ1n) is 10.7. The molecule has 2 aliphatic carbocycles. The van der Waals surface area contributed by atoms with Crippen LogP contribution in [0.4, 0.5) is 0 Å². The normalized spacial score (nSPS) is 22.4. The Bertz CT molecular complexity index is 1050. The quantitative estimate of drug-likeness (QED) is 0.426. The van der Waals surface area contributed by atoms with Crippen LogP contribution < -0.4 is 10.6 Å². The number of hydrogen-bond donors (Lipinski definition) is 5. The molecule has 0 spiro atoms. The smallest absolute Gasteiger partial charge is 0.113 e. The largest absolute Gasteiger partial charge is 0.390 e. The molecule has 6 nitrogen and oxygen atoms in total. The highest BCUT2D eigenvalue weighted by Crippen LogP contribution is 2.36. The molecule has 168 valence electrons. The molecule has 1 saturated carbocycles. The summed E-state index contributed by atoms with van der Waals surface area (Å²) in [7, 11) is 0. The van der Waals surface area contributed by atoms with Crippen molar-refractivity contribution in [1.82, 2.24) is 15.6 Å². The predicted molar refractivity (Wildman–Crippen MR) is 129 cm³/mol. The summed E-state index contributed by atoms with van der Waals surface area (Å²) in [5, 5.41) is 35.8. The number of hydrogen-bond acceptors (Lipinski definition) is 6. The van der Waals surface area contributed by atoms with Crippen LogP contribution in [0.3, 0.4) is 0 Å². The first kappa shape index (κ1) is 23.5. The van der Waals surface area contributed by atoms with Crippen LogP contribution in [0.15, 0.2) is 60.0 Å². The SMILES string of the molecule is C#Cc1cccc(C(=C)NC2=C/C(=C/NC3CC(C(C)(C)O)C3)C(=N)C=C2C(C)(C)O)n1. The van der Waals surface area contributed by atoms with Crippen LogP contribution in [0.25, 0.3) is 5.70 Å². The number of allylic oxidation sites excluding steroid dienone is 3. The molecule has 5 N–H and O–H groups in total. The monoisotopic (exact) mass is 432 g/mol.